The van der Waals surface area contributed by atoms with E-state index in [1.807, 2.05) is 18.4 Å². The third-order valence-corrected chi connectivity index (χ3v) is 5.61. The molecule has 2 aromatic carbocycles. The summed E-state index contributed by atoms with van der Waals surface area (Å²) in [6, 6.07) is 10.5. The first kappa shape index (κ1) is 22.3. The Morgan fingerprint density at radius 2 is 1.70 bits per heavy atom. The Bertz CT molecular complexity index is 1250. The van der Waals surface area contributed by atoms with E-state index < -0.39 is 5.97 Å². The summed E-state index contributed by atoms with van der Waals surface area (Å²) in [6.07, 6.45) is 1.63. The van der Waals surface area contributed by atoms with Crippen molar-refractivity contribution in [2.75, 3.05) is 21.3 Å². The van der Waals surface area contributed by atoms with Crippen LogP contribution in [0.2, 0.25) is 0 Å². The van der Waals surface area contributed by atoms with Crippen molar-refractivity contribution in [2.24, 2.45) is 4.99 Å². The van der Waals surface area contributed by atoms with Gasteiger partial charge in [0.1, 0.15) is 6.61 Å². The van der Waals surface area contributed by atoms with Crippen LogP contribution in [-0.4, -0.2) is 38.2 Å². The van der Waals surface area contributed by atoms with Crippen molar-refractivity contribution in [1.82, 2.24) is 4.98 Å². The summed E-state index contributed by atoms with van der Waals surface area (Å²) < 4.78 is 27.2. The molecule has 0 saturated heterocycles. The lowest BCUT2D eigenvalue weighted by atomic mass is 10.1. The van der Waals surface area contributed by atoms with Crippen LogP contribution < -0.4 is 18.9 Å². The van der Waals surface area contributed by atoms with Crippen LogP contribution in [0.25, 0.3) is 6.08 Å². The summed E-state index contributed by atoms with van der Waals surface area (Å²) >= 11 is 1.57. The molecule has 0 spiro atoms. The first-order valence-corrected chi connectivity index (χ1v) is 10.9. The highest BCUT2D eigenvalue weighted by molar-refractivity contribution is 7.09. The quantitative estimate of drug-likeness (QED) is 0.359. The maximum absolute atomic E-state index is 12.4. The van der Waals surface area contributed by atoms with Crippen LogP contribution in [-0.2, 0) is 16.1 Å². The van der Waals surface area contributed by atoms with Gasteiger partial charge in [-0.25, -0.2) is 14.8 Å². The third kappa shape index (κ3) is 4.98. The Labute approximate surface area is 195 Å². The minimum atomic E-state index is -0.544. The number of esters is 1. The molecule has 2 heterocycles. The summed E-state index contributed by atoms with van der Waals surface area (Å²) in [5, 5.41) is 2.94. The largest absolute Gasteiger partial charge is 0.493 e. The Morgan fingerprint density at radius 1 is 0.970 bits per heavy atom. The zero-order valence-electron chi connectivity index (χ0n) is 18.6. The second-order valence-corrected chi connectivity index (χ2v) is 8.02. The highest BCUT2D eigenvalue weighted by atomic mass is 32.1. The molecule has 170 valence electrons. The average Bonchev–Trinajstić information content (AvgIpc) is 3.42. The molecule has 0 bridgehead atoms. The van der Waals surface area contributed by atoms with Crippen molar-refractivity contribution in [3.05, 3.63) is 69.3 Å². The summed E-state index contributed by atoms with van der Waals surface area (Å²) in [5.74, 6) is 1.84. The van der Waals surface area contributed by atoms with Crippen molar-refractivity contribution in [3.8, 4) is 23.0 Å². The van der Waals surface area contributed by atoms with Crippen LogP contribution in [0.15, 0.2) is 52.5 Å². The summed E-state index contributed by atoms with van der Waals surface area (Å²) in [5.41, 5.74) is 2.35. The number of aliphatic imine (C=N–C) groups is 1. The molecule has 33 heavy (non-hydrogen) atoms. The minimum Gasteiger partial charge on any atom is -0.493 e. The molecule has 1 aliphatic heterocycles. The van der Waals surface area contributed by atoms with E-state index in [2.05, 4.69) is 9.98 Å². The summed E-state index contributed by atoms with van der Waals surface area (Å²) in [7, 11) is 4.65. The molecule has 0 radical (unpaired) electrons. The molecule has 0 amide bonds. The van der Waals surface area contributed by atoms with Gasteiger partial charge in [0.25, 0.3) is 0 Å². The molecule has 0 saturated carbocycles. The molecule has 0 aliphatic carbocycles. The van der Waals surface area contributed by atoms with E-state index in [0.29, 0.717) is 40.7 Å². The van der Waals surface area contributed by atoms with E-state index in [1.54, 1.807) is 62.0 Å². The van der Waals surface area contributed by atoms with Crippen LogP contribution in [0.1, 0.15) is 21.8 Å². The number of nitrogens with zero attached hydrogens (tertiary/aromatic N) is 2. The molecule has 4 rings (SSSR count). The number of benzene rings is 2. The van der Waals surface area contributed by atoms with E-state index in [9.17, 15) is 4.79 Å². The van der Waals surface area contributed by atoms with Crippen molar-refractivity contribution < 1.29 is 28.5 Å². The normalized spacial score (nSPS) is 14.1. The minimum absolute atomic E-state index is 0.174. The predicted molar refractivity (Wildman–Crippen MR) is 124 cm³/mol. The maximum Gasteiger partial charge on any atom is 0.363 e. The number of aryl methyl sites for hydroxylation is 1. The summed E-state index contributed by atoms with van der Waals surface area (Å²) in [4.78, 5) is 21.1. The van der Waals surface area contributed by atoms with E-state index in [1.165, 1.54) is 7.11 Å². The zero-order chi connectivity index (χ0) is 23.4. The van der Waals surface area contributed by atoms with Crippen molar-refractivity contribution in [1.29, 1.82) is 0 Å². The number of hydrogen-bond acceptors (Lipinski definition) is 9. The van der Waals surface area contributed by atoms with Crippen molar-refractivity contribution >= 4 is 29.3 Å². The number of hydrogen-bond donors (Lipinski definition) is 0. The fourth-order valence-corrected chi connectivity index (χ4v) is 3.78. The SMILES string of the molecule is COc1ccc(C2=N/C(=C\c3ccc(OCc4csc(C)n4)c(OC)c3)C(=O)O2)cc1OC. The van der Waals surface area contributed by atoms with Gasteiger partial charge in [0.15, 0.2) is 28.7 Å². The number of methoxy groups -OCH3 is 3. The van der Waals surface area contributed by atoms with Gasteiger partial charge in [-0.2, -0.15) is 0 Å². The number of ether oxygens (including phenoxy) is 5. The van der Waals surface area contributed by atoms with Gasteiger partial charge in [-0.3, -0.25) is 0 Å². The lowest BCUT2D eigenvalue weighted by Gasteiger charge is -2.10. The van der Waals surface area contributed by atoms with Gasteiger partial charge in [0.05, 0.1) is 32.0 Å². The molecule has 0 N–H and O–H groups in total. The van der Waals surface area contributed by atoms with E-state index in [4.69, 9.17) is 23.7 Å². The zero-order valence-corrected chi connectivity index (χ0v) is 19.4. The highest BCUT2D eigenvalue weighted by Crippen LogP contribution is 2.32. The number of cyclic esters (lactones) is 1. The van der Waals surface area contributed by atoms with Gasteiger partial charge in [-0.15, -0.1) is 11.3 Å². The molecular formula is C24H22N2O6S. The predicted octanol–water partition coefficient (Wildman–Crippen LogP) is 4.40. The second-order valence-electron chi connectivity index (χ2n) is 6.96. The molecule has 0 atom stereocenters. The second kappa shape index (κ2) is 9.74. The topological polar surface area (TPSA) is 88.5 Å². The van der Waals surface area contributed by atoms with E-state index >= 15 is 0 Å². The number of thiazole rings is 1. The van der Waals surface area contributed by atoms with Crippen LogP contribution >= 0.6 is 11.3 Å². The number of carbonyl (C=O) groups excluding carboxylic acids is 1. The number of carbonyl (C=O) groups is 1. The smallest absolute Gasteiger partial charge is 0.363 e. The fourth-order valence-electron chi connectivity index (χ4n) is 3.18. The Balaban J connectivity index is 1.55. The van der Waals surface area contributed by atoms with Gasteiger partial charge < -0.3 is 23.7 Å². The van der Waals surface area contributed by atoms with Crippen LogP contribution in [0.4, 0.5) is 0 Å². The molecular weight excluding hydrogens is 444 g/mol. The standard InChI is InChI=1S/C24H22N2O6S/c1-14-25-17(13-33-14)12-31-20-7-5-15(10-21(20)29-3)9-18-24(27)32-23(26-18)16-6-8-19(28-2)22(11-16)30-4/h5-11,13H,12H2,1-4H3/b18-9-. The lowest BCUT2D eigenvalue weighted by Crippen LogP contribution is -2.06. The van der Waals surface area contributed by atoms with Gasteiger partial charge in [0.2, 0.25) is 5.90 Å². The Morgan fingerprint density at radius 3 is 2.39 bits per heavy atom. The first-order chi connectivity index (χ1) is 16.0. The molecule has 9 heteroatoms. The highest BCUT2D eigenvalue weighted by Gasteiger charge is 2.25. The number of aromatic nitrogens is 1. The number of rotatable bonds is 8. The van der Waals surface area contributed by atoms with Crippen LogP contribution in [0.5, 0.6) is 23.0 Å². The molecule has 3 aromatic rings. The van der Waals surface area contributed by atoms with E-state index in [0.717, 1.165) is 10.7 Å². The lowest BCUT2D eigenvalue weighted by molar-refractivity contribution is -0.129. The summed E-state index contributed by atoms with van der Waals surface area (Å²) in [6.45, 7) is 2.29. The van der Waals surface area contributed by atoms with E-state index in [-0.39, 0.29) is 11.6 Å². The van der Waals surface area contributed by atoms with Gasteiger partial charge >= 0.3 is 5.97 Å². The van der Waals surface area contributed by atoms with Crippen molar-refractivity contribution in [3.63, 3.8) is 0 Å². The van der Waals surface area contributed by atoms with Gasteiger partial charge in [-0.1, -0.05) is 6.07 Å². The molecule has 8 nitrogen and oxygen atoms in total. The molecule has 0 fully saturated rings. The van der Waals surface area contributed by atoms with Crippen LogP contribution in [0.3, 0.4) is 0 Å². The van der Waals surface area contributed by atoms with Crippen molar-refractivity contribution in [2.45, 2.75) is 13.5 Å². The molecule has 0 unspecified atom stereocenters. The van der Waals surface area contributed by atoms with Gasteiger partial charge in [-0.05, 0) is 48.9 Å². The fraction of sp³-hybridized carbons (Fsp3) is 0.208. The third-order valence-electron chi connectivity index (χ3n) is 4.78. The monoisotopic (exact) mass is 466 g/mol. The van der Waals surface area contributed by atoms with Gasteiger partial charge in [0, 0.05) is 10.9 Å². The Kier molecular flexibility index (Phi) is 6.60. The molecule has 1 aromatic heterocycles. The Hall–Kier alpha value is -3.85. The molecule has 1 aliphatic rings. The maximum atomic E-state index is 12.4. The van der Waals surface area contributed by atoms with Crippen LogP contribution in [0, 0.1) is 6.92 Å². The average molecular weight is 467 g/mol. The first-order valence-electron chi connectivity index (χ1n) is 9.97.